The van der Waals surface area contributed by atoms with Gasteiger partial charge in [0.1, 0.15) is 118 Å². The fourth-order valence-electron chi connectivity index (χ4n) is 16.2. The van der Waals surface area contributed by atoms with Crippen LogP contribution < -0.4 is 0 Å². The minimum Gasteiger partial charge on any atom is -0.456 e. The maximum absolute atomic E-state index is 12.8. The maximum atomic E-state index is 12.8. The van der Waals surface area contributed by atoms with Gasteiger partial charge in [-0.2, -0.15) is 92.2 Å². The summed E-state index contributed by atoms with van der Waals surface area (Å²) in [5, 5.41) is 0. The summed E-state index contributed by atoms with van der Waals surface area (Å²) in [6, 6.07) is 0. The Hall–Kier alpha value is -11.8. The maximum Gasteiger partial charge on any atom is 0.434 e. The van der Waals surface area contributed by atoms with E-state index in [2.05, 4.69) is 54.7 Å². The first-order valence-electron chi connectivity index (χ1n) is 37.5. The molecule has 14 rings (SSSR count). The van der Waals surface area contributed by atoms with Crippen molar-refractivity contribution >= 4 is 107 Å². The summed E-state index contributed by atoms with van der Waals surface area (Å²) in [5.74, 6) is -33.6. The molecule has 0 spiro atoms. The molecule has 14 fully saturated rings. The highest BCUT2D eigenvalue weighted by Gasteiger charge is 2.77. The summed E-state index contributed by atoms with van der Waals surface area (Å²) in [6.07, 6.45) is -60.7. The number of carbonyl (C=O) groups excluding carboxylic acids is 18. The molecule has 2 aliphatic carbocycles. The first-order valence-corrected chi connectivity index (χ1v) is 37.5. The summed E-state index contributed by atoms with van der Waals surface area (Å²) in [6.45, 7) is 3.03. The Morgan fingerprint density at radius 3 is 0.809 bits per heavy atom. The predicted octanol–water partition coefficient (Wildman–Crippen LogP) is 2.86. The van der Waals surface area contributed by atoms with Crippen LogP contribution in [0, 0.1) is 47.3 Å². The van der Waals surface area contributed by atoms with E-state index in [4.69, 9.17) is 66.3 Å². The monoisotopic (exact) mass is 1930 g/mol. The van der Waals surface area contributed by atoms with Crippen LogP contribution in [0.5, 0.6) is 0 Å². The summed E-state index contributed by atoms with van der Waals surface area (Å²) in [7, 11) is 0. The quantitative estimate of drug-likeness (QED) is 0.0580. The molecule has 14 aliphatic rings. The molecular weight excluding hydrogens is 1870 g/mol. The number of ether oxygens (including phenoxy) is 20. The van der Waals surface area contributed by atoms with E-state index in [1.807, 2.05) is 0 Å². The second-order valence-electron chi connectivity index (χ2n) is 30.1. The topological polar surface area (TPSA) is 492 Å². The molecule has 38 nitrogen and oxygen atoms in total. The first kappa shape index (κ1) is 99.8. The van der Waals surface area contributed by atoms with E-state index in [9.17, 15) is 179 Å². The predicted molar refractivity (Wildman–Crippen MR) is 347 cm³/mol. The van der Waals surface area contributed by atoms with Crippen LogP contribution in [0.25, 0.3) is 0 Å². The number of Topliss-reactive ketones (excluding diaryl/α,β-unsaturated/α-hetero) is 2. The zero-order chi connectivity index (χ0) is 97.4. The number of rotatable bonds is 24. The number of esters is 16. The van der Waals surface area contributed by atoms with Gasteiger partial charge in [-0.15, -0.1) is 0 Å². The standard InChI is InChI=1S/C20H19F3O10.C19H17F3O10.C17H11F9O9.C16H12F6O9/c1-7(20(21,22)23)17(26)29-6-10(25)31-15-13-11(12-14(32-13)16(15)33-19(12)28)18(27)30-9-5-3-2-4-8(9)24;1-6(19(20,21)22)16(25)28-5-9(24)30-14-12-10(11-13(31-12)15(14)32-18(11)27)17(26)29-8-4-2-3-7(8)23;1-3(15(18,19)20)11(28)31-2-4(27)32-9-7-6(5-8(33-7)10(9)34-12(5)29)13(30)35-14(16(21,22)23)17(24,25)26;1-4(16(20,21)22)12(24)27-2-5(23)29-10-8-6(13(25)28-3-15(17,18)19)7-9(30-8)11(10)31-14(7)26/h9,11-16H,1-6H2;8,10-15H,1-5H2;5-10,14H,1-2H2;6-11H,1-3H2. The van der Waals surface area contributed by atoms with Crippen molar-refractivity contribution in [1.29, 1.82) is 0 Å². The minimum absolute atomic E-state index is 0.226. The summed E-state index contributed by atoms with van der Waals surface area (Å²) in [4.78, 5) is 215. The molecule has 0 amide bonds. The fourth-order valence-corrected chi connectivity index (χ4v) is 16.2. The number of alkyl halides is 21. The molecule has 12 aliphatic heterocycles. The third kappa shape index (κ3) is 21.1. The van der Waals surface area contributed by atoms with Gasteiger partial charge in [-0.1, -0.05) is 26.3 Å². The number of carbonyl (C=O) groups is 18. The summed E-state index contributed by atoms with van der Waals surface area (Å²) in [5.41, 5.74) is -7.44. The van der Waals surface area contributed by atoms with E-state index < -0.39 is 357 Å². The second-order valence-corrected chi connectivity index (χ2v) is 30.1. The van der Waals surface area contributed by atoms with E-state index in [0.29, 0.717) is 32.1 Å². The molecule has 12 saturated heterocycles. The lowest BCUT2D eigenvalue weighted by Gasteiger charge is -2.29. The number of ketones is 2. The van der Waals surface area contributed by atoms with E-state index in [-0.39, 0.29) is 24.4 Å². The van der Waals surface area contributed by atoms with Crippen LogP contribution >= 0.6 is 0 Å². The number of halogens is 21. The summed E-state index contributed by atoms with van der Waals surface area (Å²) >= 11 is 0. The van der Waals surface area contributed by atoms with Crippen LogP contribution in [0.15, 0.2) is 48.6 Å². The molecular formula is C72H59F21O38. The van der Waals surface area contributed by atoms with Gasteiger partial charge in [0, 0.05) is 12.8 Å². The van der Waals surface area contributed by atoms with E-state index in [1.54, 1.807) is 0 Å². The number of fused-ring (bicyclic) bond motifs is 4. The molecule has 0 aromatic rings. The van der Waals surface area contributed by atoms with Gasteiger partial charge in [0.05, 0.1) is 0 Å². The number of hydrogen-bond acceptors (Lipinski definition) is 38. The van der Waals surface area contributed by atoms with Crippen molar-refractivity contribution in [3.05, 3.63) is 48.6 Å². The molecule has 0 aromatic carbocycles. The van der Waals surface area contributed by atoms with Crippen LogP contribution in [-0.4, -0.2) is 299 Å². The Kier molecular flexibility index (Phi) is 28.2. The lowest BCUT2D eigenvalue weighted by Crippen LogP contribution is -2.51. The van der Waals surface area contributed by atoms with Crippen molar-refractivity contribution < 1.29 is 273 Å². The highest BCUT2D eigenvalue weighted by molar-refractivity contribution is 5.96. The van der Waals surface area contributed by atoms with Crippen LogP contribution in [0.3, 0.4) is 0 Å². The molecule has 0 N–H and O–H groups in total. The number of hydrogen-bond donors (Lipinski definition) is 0. The van der Waals surface area contributed by atoms with Crippen molar-refractivity contribution in [3.8, 4) is 0 Å². The molecule has 59 heteroatoms. The molecule has 2 saturated carbocycles. The third-order valence-corrected chi connectivity index (χ3v) is 21.9. The van der Waals surface area contributed by atoms with E-state index in [1.165, 1.54) is 0 Å². The lowest BCUT2D eigenvalue weighted by atomic mass is 9.78. The highest BCUT2D eigenvalue weighted by Crippen LogP contribution is 2.57. The average molecular weight is 1930 g/mol. The Morgan fingerprint density at radius 1 is 0.313 bits per heavy atom. The van der Waals surface area contributed by atoms with Crippen molar-refractivity contribution in [2.24, 2.45) is 47.3 Å². The molecule has 0 radical (unpaired) electrons. The molecule has 0 aromatic heterocycles. The lowest BCUT2D eigenvalue weighted by molar-refractivity contribution is -0.315. The molecule has 12 heterocycles. The van der Waals surface area contributed by atoms with Gasteiger partial charge in [0.2, 0.25) is 0 Å². The van der Waals surface area contributed by atoms with Crippen molar-refractivity contribution in [2.45, 2.75) is 204 Å². The van der Waals surface area contributed by atoms with E-state index in [0.717, 1.165) is 0 Å². The van der Waals surface area contributed by atoms with Crippen LogP contribution in [0.2, 0.25) is 0 Å². The van der Waals surface area contributed by atoms with Crippen LogP contribution in [-0.2, 0) is 181 Å². The average Bonchev–Trinajstić information content (AvgIpc) is 1.58. The van der Waals surface area contributed by atoms with Gasteiger partial charge >= 0.3 is 139 Å². The molecule has 131 heavy (non-hydrogen) atoms. The Bertz CT molecular complexity index is 4700. The second kappa shape index (κ2) is 37.1. The van der Waals surface area contributed by atoms with E-state index >= 15 is 0 Å². The largest absolute Gasteiger partial charge is 0.456 e. The Morgan fingerprint density at radius 2 is 0.565 bits per heavy atom. The Labute approximate surface area is 711 Å². The van der Waals surface area contributed by atoms with Gasteiger partial charge in [-0.25, -0.2) is 38.4 Å². The first-order chi connectivity index (χ1) is 60.5. The third-order valence-electron chi connectivity index (χ3n) is 21.9. The van der Waals surface area contributed by atoms with Gasteiger partial charge < -0.3 is 94.7 Å². The van der Waals surface area contributed by atoms with Gasteiger partial charge in [-0.05, 0) is 32.1 Å². The fraction of sp³-hybridized carbons (Fsp3) is 0.639. The molecule has 26 atom stereocenters. The normalized spacial score (nSPS) is 32.6. The van der Waals surface area contributed by atoms with Gasteiger partial charge in [-0.3, -0.25) is 47.9 Å². The van der Waals surface area contributed by atoms with Gasteiger partial charge in [0.15, 0.2) is 106 Å². The van der Waals surface area contributed by atoms with Crippen molar-refractivity contribution in [2.75, 3.05) is 33.0 Å². The minimum atomic E-state index is -6.05. The zero-order valence-corrected chi connectivity index (χ0v) is 64.9. The SMILES string of the molecule is C=C(C(=O)OCC(=O)OC1C2OC(=O)C3C2OC1C3C(=O)OC(C(F)(F)F)C(F)(F)F)C(F)(F)F.C=C(C(=O)OCC(=O)OC1C2OC(=O)C3C2OC1C3C(=O)OC1CCCC1=O)C(F)(F)F.C=C(C(=O)OCC(=O)OC1C2OC(=O)C3C2OC1C3C(=O)OC1CCCCC1=O)C(F)(F)F.C=C(C(=O)OCC(=O)OC1C2OC(=O)C3C2OC1C3C(=O)OCC(F)(F)F)C(F)(F)F. The van der Waals surface area contributed by atoms with Crippen molar-refractivity contribution in [1.82, 2.24) is 0 Å². The molecule has 8 bridgehead atoms. The molecule has 26 unspecified atom stereocenters. The summed E-state index contributed by atoms with van der Waals surface area (Å²) < 4.78 is 359. The smallest absolute Gasteiger partial charge is 0.434 e. The Balaban J connectivity index is 0.000000169. The van der Waals surface area contributed by atoms with Crippen LogP contribution in [0.4, 0.5) is 92.2 Å². The highest BCUT2D eigenvalue weighted by atomic mass is 19.4. The van der Waals surface area contributed by atoms with Gasteiger partial charge in [0.25, 0.3) is 6.10 Å². The molecule has 722 valence electrons. The zero-order valence-electron chi connectivity index (χ0n) is 64.9. The van der Waals surface area contributed by atoms with Crippen molar-refractivity contribution in [3.63, 3.8) is 0 Å². The van der Waals surface area contributed by atoms with Crippen LogP contribution in [0.1, 0.15) is 44.9 Å².